The molecule has 0 nitrogen and oxygen atoms in total. The van der Waals surface area contributed by atoms with Crippen LogP contribution in [0.2, 0.25) is 0 Å². The summed E-state index contributed by atoms with van der Waals surface area (Å²) in [4.78, 5) is 1.31. The first kappa shape index (κ1) is 11.0. The van der Waals surface area contributed by atoms with Crippen LogP contribution in [0.15, 0.2) is 29.2 Å². The maximum absolute atomic E-state index is 4.27. The van der Waals surface area contributed by atoms with Gasteiger partial charge in [-0.2, -0.15) is 0 Å². The van der Waals surface area contributed by atoms with Gasteiger partial charge >= 0.3 is 0 Å². The zero-order valence-electron chi connectivity index (χ0n) is 8.16. The number of benzene rings is 1. The van der Waals surface area contributed by atoms with Gasteiger partial charge in [0.2, 0.25) is 0 Å². The monoisotopic (exact) mass is 212 g/mol. The molecule has 13 heavy (non-hydrogen) atoms. The molecule has 0 radical (unpaired) electrons. The van der Waals surface area contributed by atoms with Crippen LogP contribution in [-0.4, -0.2) is 0 Å². The lowest BCUT2D eigenvalue weighted by atomic mass is 9.94. The van der Waals surface area contributed by atoms with Gasteiger partial charge in [0.25, 0.3) is 0 Å². The summed E-state index contributed by atoms with van der Waals surface area (Å²) in [6, 6.07) is 8.55. The van der Waals surface area contributed by atoms with E-state index in [1.807, 2.05) is 0 Å². The molecule has 0 atom stereocenters. The van der Waals surface area contributed by atoms with Gasteiger partial charge in [-0.3, -0.25) is 0 Å². The van der Waals surface area contributed by atoms with Crippen molar-refractivity contribution in [1.29, 1.82) is 0 Å². The van der Waals surface area contributed by atoms with E-state index in [2.05, 4.69) is 49.8 Å². The molecule has 0 spiro atoms. The summed E-state index contributed by atoms with van der Waals surface area (Å²) in [6.45, 7) is 4.49. The number of hydrogen-bond acceptors (Lipinski definition) is 2. The Balaban J connectivity index is 2.96. The lowest BCUT2D eigenvalue weighted by molar-refractivity contribution is 0.631. The van der Waals surface area contributed by atoms with Crippen LogP contribution in [-0.2, 0) is 0 Å². The van der Waals surface area contributed by atoms with Crippen LogP contribution in [0.1, 0.15) is 38.2 Å². The average molecular weight is 212 g/mol. The minimum absolute atomic E-state index is 0.691. The highest BCUT2D eigenvalue weighted by Crippen LogP contribution is 2.33. The molecule has 0 amide bonds. The molecule has 0 saturated carbocycles. The maximum atomic E-state index is 4.27. The Hall–Kier alpha value is -0.0800. The Morgan fingerprint density at radius 1 is 1.23 bits per heavy atom. The summed E-state index contributed by atoms with van der Waals surface area (Å²) in [7, 11) is 1.55. The Bertz CT molecular complexity index is 254. The van der Waals surface area contributed by atoms with Crippen molar-refractivity contribution in [3.8, 4) is 0 Å². The standard InChI is InChI=1S/C11H16S2/c1-3-9(4-2)10-7-5-6-8-11(10)13-12/h5-9,12H,3-4H2,1-2H3. The van der Waals surface area contributed by atoms with Gasteiger partial charge in [-0.25, -0.2) is 0 Å². The van der Waals surface area contributed by atoms with E-state index in [-0.39, 0.29) is 0 Å². The molecular formula is C11H16S2. The molecule has 0 aliphatic carbocycles. The van der Waals surface area contributed by atoms with E-state index in [0.717, 1.165) is 0 Å². The van der Waals surface area contributed by atoms with Crippen LogP contribution in [0.4, 0.5) is 0 Å². The predicted molar refractivity (Wildman–Crippen MR) is 64.6 cm³/mol. The Morgan fingerprint density at radius 2 is 1.85 bits per heavy atom. The first-order valence-electron chi connectivity index (χ1n) is 4.73. The van der Waals surface area contributed by atoms with Crippen LogP contribution in [0.25, 0.3) is 0 Å². The largest absolute Gasteiger partial charge is 0.106 e. The van der Waals surface area contributed by atoms with E-state index in [0.29, 0.717) is 5.92 Å². The summed E-state index contributed by atoms with van der Waals surface area (Å²) < 4.78 is 0. The molecule has 0 aromatic heterocycles. The fourth-order valence-electron chi connectivity index (χ4n) is 1.63. The molecular weight excluding hydrogens is 196 g/mol. The molecule has 0 heterocycles. The van der Waals surface area contributed by atoms with E-state index in [4.69, 9.17) is 0 Å². The quantitative estimate of drug-likeness (QED) is 0.565. The van der Waals surface area contributed by atoms with Crippen LogP contribution >= 0.6 is 22.5 Å². The van der Waals surface area contributed by atoms with Gasteiger partial charge in [-0.1, -0.05) is 42.8 Å². The second-order valence-corrected chi connectivity index (χ2v) is 4.31. The normalized spacial score (nSPS) is 10.8. The summed E-state index contributed by atoms with van der Waals surface area (Å²) in [5.41, 5.74) is 1.45. The topological polar surface area (TPSA) is 0 Å². The molecule has 1 rings (SSSR count). The second kappa shape index (κ2) is 5.61. The van der Waals surface area contributed by atoms with Crippen molar-refractivity contribution in [2.45, 2.75) is 37.5 Å². The minimum Gasteiger partial charge on any atom is -0.106 e. The van der Waals surface area contributed by atoms with Gasteiger partial charge in [0.05, 0.1) is 0 Å². The predicted octanol–water partition coefficient (Wildman–Crippen LogP) is 4.53. The lowest BCUT2D eigenvalue weighted by Crippen LogP contribution is -1.96. The van der Waals surface area contributed by atoms with Gasteiger partial charge < -0.3 is 0 Å². The Morgan fingerprint density at radius 3 is 2.38 bits per heavy atom. The van der Waals surface area contributed by atoms with Crippen molar-refractivity contribution in [2.24, 2.45) is 0 Å². The maximum Gasteiger partial charge on any atom is 0.0215 e. The zero-order chi connectivity index (χ0) is 9.68. The SMILES string of the molecule is CCC(CC)c1ccccc1SS. The van der Waals surface area contributed by atoms with Gasteiger partial charge in [0.1, 0.15) is 0 Å². The Labute approximate surface area is 89.9 Å². The fraction of sp³-hybridized carbons (Fsp3) is 0.455. The van der Waals surface area contributed by atoms with E-state index in [1.54, 1.807) is 10.8 Å². The molecule has 0 fully saturated rings. The molecule has 72 valence electrons. The van der Waals surface area contributed by atoms with Crippen molar-refractivity contribution in [3.05, 3.63) is 29.8 Å². The smallest absolute Gasteiger partial charge is 0.0215 e. The second-order valence-electron chi connectivity index (χ2n) is 3.14. The van der Waals surface area contributed by atoms with Crippen LogP contribution in [0.5, 0.6) is 0 Å². The zero-order valence-corrected chi connectivity index (χ0v) is 9.87. The molecule has 0 bridgehead atoms. The summed E-state index contributed by atoms with van der Waals surface area (Å²) in [5.74, 6) is 0.691. The molecule has 2 heteroatoms. The van der Waals surface area contributed by atoms with Crippen LogP contribution in [0.3, 0.4) is 0 Å². The highest BCUT2D eigenvalue weighted by Gasteiger charge is 2.10. The van der Waals surface area contributed by atoms with Crippen LogP contribution < -0.4 is 0 Å². The van der Waals surface area contributed by atoms with E-state index >= 15 is 0 Å². The van der Waals surface area contributed by atoms with Crippen molar-refractivity contribution in [3.63, 3.8) is 0 Å². The van der Waals surface area contributed by atoms with E-state index in [1.165, 1.54) is 23.3 Å². The fourth-order valence-corrected chi connectivity index (χ4v) is 2.61. The van der Waals surface area contributed by atoms with E-state index < -0.39 is 0 Å². The molecule has 0 aliphatic heterocycles. The van der Waals surface area contributed by atoms with Crippen molar-refractivity contribution in [1.82, 2.24) is 0 Å². The molecule has 0 aliphatic rings. The molecule has 1 aromatic rings. The van der Waals surface area contributed by atoms with Crippen LogP contribution in [0, 0.1) is 0 Å². The van der Waals surface area contributed by atoms with Gasteiger partial charge in [-0.15, -0.1) is 11.7 Å². The molecule has 0 saturated heterocycles. The van der Waals surface area contributed by atoms with E-state index in [9.17, 15) is 0 Å². The first-order valence-corrected chi connectivity index (χ1v) is 6.60. The number of thiol groups is 1. The van der Waals surface area contributed by atoms with Crippen molar-refractivity contribution < 1.29 is 0 Å². The summed E-state index contributed by atoms with van der Waals surface area (Å²) in [5, 5.41) is 0. The summed E-state index contributed by atoms with van der Waals surface area (Å²) >= 11 is 4.27. The highest BCUT2D eigenvalue weighted by atomic mass is 33.1. The number of rotatable bonds is 4. The average Bonchev–Trinajstić information content (AvgIpc) is 2.20. The van der Waals surface area contributed by atoms with Gasteiger partial charge in [-0.05, 0) is 30.4 Å². The van der Waals surface area contributed by atoms with Gasteiger partial charge in [0, 0.05) is 4.90 Å². The third-order valence-electron chi connectivity index (χ3n) is 2.44. The lowest BCUT2D eigenvalue weighted by Gasteiger charge is -2.15. The minimum atomic E-state index is 0.691. The Kier molecular flexibility index (Phi) is 4.74. The molecule has 0 unspecified atom stereocenters. The van der Waals surface area contributed by atoms with Crippen molar-refractivity contribution >= 4 is 22.5 Å². The first-order chi connectivity index (χ1) is 6.33. The number of hydrogen-bond donors (Lipinski definition) is 1. The highest BCUT2D eigenvalue weighted by molar-refractivity contribution is 8.68. The third kappa shape index (κ3) is 2.68. The molecule has 0 N–H and O–H groups in total. The third-order valence-corrected chi connectivity index (χ3v) is 3.60. The summed E-state index contributed by atoms with van der Waals surface area (Å²) in [6.07, 6.45) is 2.42. The van der Waals surface area contributed by atoms with Gasteiger partial charge in [0.15, 0.2) is 0 Å². The van der Waals surface area contributed by atoms with Crippen molar-refractivity contribution in [2.75, 3.05) is 0 Å². The molecule has 1 aromatic carbocycles.